The molecule has 3 rings (SSSR count). The molecule has 0 aliphatic heterocycles. The van der Waals surface area contributed by atoms with Gasteiger partial charge in [0.25, 0.3) is 0 Å². The number of rotatable bonds is 8. The van der Waals surface area contributed by atoms with Gasteiger partial charge < -0.3 is 14.2 Å². The number of likely N-dealkylation sites (N-methyl/N-ethyl adjacent to an activating group) is 1. The fraction of sp³-hybridized carbons (Fsp3) is 0.333. The minimum atomic E-state index is 0.581. The molecule has 27 heavy (non-hydrogen) atoms. The van der Waals surface area contributed by atoms with Crippen molar-refractivity contribution in [2.24, 2.45) is 0 Å². The van der Waals surface area contributed by atoms with Crippen LogP contribution in [-0.2, 0) is 19.6 Å². The van der Waals surface area contributed by atoms with Crippen LogP contribution in [-0.4, -0.2) is 30.1 Å². The predicted molar refractivity (Wildman–Crippen MR) is 115 cm³/mol. The molecule has 0 unspecified atom stereocenters. The Morgan fingerprint density at radius 3 is 2.52 bits per heavy atom. The van der Waals surface area contributed by atoms with Gasteiger partial charge in [-0.25, -0.2) is 0 Å². The molecule has 0 spiro atoms. The molecule has 0 fully saturated rings. The molecule has 0 aliphatic carbocycles. The second kappa shape index (κ2) is 8.45. The van der Waals surface area contributed by atoms with Gasteiger partial charge in [0.15, 0.2) is 0 Å². The van der Waals surface area contributed by atoms with Crippen molar-refractivity contribution in [3.05, 3.63) is 77.5 Å². The van der Waals surface area contributed by atoms with Crippen LogP contribution in [0.15, 0.2) is 60.8 Å². The Kier molecular flexibility index (Phi) is 6.02. The molecule has 0 atom stereocenters. The summed E-state index contributed by atoms with van der Waals surface area (Å²) in [6, 6.07) is 14.6. The Labute approximate surface area is 162 Å². The molecule has 0 radical (unpaired) electrons. The number of ether oxygens (including phenoxy) is 1. The molecule has 1 heterocycles. The third-order valence-corrected chi connectivity index (χ3v) is 4.77. The average Bonchev–Trinajstić information content (AvgIpc) is 2.99. The standard InChI is InChI=1S/C24H30N2O/c1-18(2)15-26-16-21(13-14-25(4)5)23-22(12-11-19(3)24(23)26)27-17-20-9-7-6-8-10-20/h6-12,16H,1,13-15,17H2,2-5H3. The molecule has 0 amide bonds. The van der Waals surface area contributed by atoms with Gasteiger partial charge in [-0.1, -0.05) is 48.6 Å². The SMILES string of the molecule is C=C(C)Cn1cc(CCN(C)C)c2c(OCc3ccccc3)ccc(C)c21. The van der Waals surface area contributed by atoms with Crippen molar-refractivity contribution >= 4 is 10.9 Å². The van der Waals surface area contributed by atoms with Gasteiger partial charge in [0.1, 0.15) is 12.4 Å². The van der Waals surface area contributed by atoms with Gasteiger partial charge in [-0.05, 0) is 57.1 Å². The quantitative estimate of drug-likeness (QED) is 0.512. The second-order valence-corrected chi connectivity index (χ2v) is 7.67. The van der Waals surface area contributed by atoms with E-state index in [0.29, 0.717) is 6.61 Å². The number of hydrogen-bond acceptors (Lipinski definition) is 2. The summed E-state index contributed by atoms with van der Waals surface area (Å²) >= 11 is 0. The summed E-state index contributed by atoms with van der Waals surface area (Å²) in [5.74, 6) is 0.966. The van der Waals surface area contributed by atoms with E-state index >= 15 is 0 Å². The summed E-state index contributed by atoms with van der Waals surface area (Å²) in [6.45, 7) is 10.8. The number of aromatic nitrogens is 1. The first-order chi connectivity index (χ1) is 13.0. The van der Waals surface area contributed by atoms with Crippen LogP contribution in [0.4, 0.5) is 0 Å². The molecule has 0 bridgehead atoms. The van der Waals surface area contributed by atoms with E-state index in [0.717, 1.165) is 30.8 Å². The molecular weight excluding hydrogens is 332 g/mol. The van der Waals surface area contributed by atoms with Gasteiger partial charge >= 0.3 is 0 Å². The molecule has 3 heteroatoms. The van der Waals surface area contributed by atoms with Crippen LogP contribution in [0, 0.1) is 6.92 Å². The van der Waals surface area contributed by atoms with Crippen molar-refractivity contribution in [3.63, 3.8) is 0 Å². The van der Waals surface area contributed by atoms with Crippen LogP contribution in [0.25, 0.3) is 10.9 Å². The second-order valence-electron chi connectivity index (χ2n) is 7.67. The Hall–Kier alpha value is -2.52. The highest BCUT2D eigenvalue weighted by atomic mass is 16.5. The van der Waals surface area contributed by atoms with E-state index in [9.17, 15) is 0 Å². The molecular formula is C24H30N2O. The molecule has 0 N–H and O–H groups in total. The molecule has 1 aromatic heterocycles. The highest BCUT2D eigenvalue weighted by Gasteiger charge is 2.16. The van der Waals surface area contributed by atoms with Crippen molar-refractivity contribution in [1.29, 1.82) is 0 Å². The van der Waals surface area contributed by atoms with Gasteiger partial charge in [0.2, 0.25) is 0 Å². The lowest BCUT2D eigenvalue weighted by molar-refractivity contribution is 0.310. The average molecular weight is 363 g/mol. The summed E-state index contributed by atoms with van der Waals surface area (Å²) in [5.41, 5.74) is 6.21. The normalized spacial score (nSPS) is 11.3. The van der Waals surface area contributed by atoms with E-state index in [-0.39, 0.29) is 0 Å². The smallest absolute Gasteiger partial charge is 0.129 e. The van der Waals surface area contributed by atoms with Crippen LogP contribution >= 0.6 is 0 Å². The minimum absolute atomic E-state index is 0.581. The van der Waals surface area contributed by atoms with E-state index in [1.165, 1.54) is 27.6 Å². The molecule has 0 aliphatic rings. The molecule has 0 saturated heterocycles. The Bertz CT molecular complexity index is 922. The first kappa shape index (κ1) is 19.2. The molecule has 142 valence electrons. The maximum Gasteiger partial charge on any atom is 0.129 e. The minimum Gasteiger partial charge on any atom is -0.488 e. The van der Waals surface area contributed by atoms with E-state index in [1.807, 2.05) is 6.07 Å². The number of hydrogen-bond donors (Lipinski definition) is 0. The Morgan fingerprint density at radius 2 is 1.85 bits per heavy atom. The van der Waals surface area contributed by atoms with E-state index in [1.54, 1.807) is 0 Å². The third kappa shape index (κ3) is 4.61. The van der Waals surface area contributed by atoms with Crippen LogP contribution in [0.3, 0.4) is 0 Å². The van der Waals surface area contributed by atoms with Crippen LogP contribution in [0.5, 0.6) is 5.75 Å². The molecule has 3 aromatic rings. The number of aryl methyl sites for hydroxylation is 1. The molecule has 2 aromatic carbocycles. The van der Waals surface area contributed by atoms with Gasteiger partial charge in [0.05, 0.1) is 5.52 Å². The van der Waals surface area contributed by atoms with Crippen molar-refractivity contribution in [3.8, 4) is 5.75 Å². The molecule has 3 nitrogen and oxygen atoms in total. The lowest BCUT2D eigenvalue weighted by Gasteiger charge is -2.13. The van der Waals surface area contributed by atoms with E-state index in [2.05, 4.69) is 86.6 Å². The van der Waals surface area contributed by atoms with E-state index < -0.39 is 0 Å². The monoisotopic (exact) mass is 362 g/mol. The zero-order valence-corrected chi connectivity index (χ0v) is 17.0. The van der Waals surface area contributed by atoms with Crippen LogP contribution < -0.4 is 4.74 Å². The number of fused-ring (bicyclic) bond motifs is 1. The fourth-order valence-electron chi connectivity index (χ4n) is 3.48. The van der Waals surface area contributed by atoms with Crippen molar-refractivity contribution in [1.82, 2.24) is 9.47 Å². The summed E-state index contributed by atoms with van der Waals surface area (Å²) in [4.78, 5) is 2.22. The lowest BCUT2D eigenvalue weighted by Crippen LogP contribution is -2.15. The molecule has 0 saturated carbocycles. The maximum absolute atomic E-state index is 6.28. The predicted octanol–water partition coefficient (Wildman–Crippen LogP) is 5.21. The zero-order valence-electron chi connectivity index (χ0n) is 17.0. The lowest BCUT2D eigenvalue weighted by atomic mass is 10.1. The fourth-order valence-corrected chi connectivity index (χ4v) is 3.48. The number of nitrogens with zero attached hydrogens (tertiary/aromatic N) is 2. The van der Waals surface area contributed by atoms with Gasteiger partial charge in [0, 0.05) is 24.7 Å². The number of allylic oxidation sites excluding steroid dienone is 1. The summed E-state index contributed by atoms with van der Waals surface area (Å²) in [6.07, 6.45) is 3.28. The van der Waals surface area contributed by atoms with Crippen LogP contribution in [0.2, 0.25) is 0 Å². The van der Waals surface area contributed by atoms with Gasteiger partial charge in [-0.2, -0.15) is 0 Å². The Morgan fingerprint density at radius 1 is 1.11 bits per heavy atom. The van der Waals surface area contributed by atoms with Crippen molar-refractivity contribution < 1.29 is 4.74 Å². The van der Waals surface area contributed by atoms with Crippen molar-refractivity contribution in [2.75, 3.05) is 20.6 Å². The van der Waals surface area contributed by atoms with Crippen molar-refractivity contribution in [2.45, 2.75) is 33.4 Å². The first-order valence-corrected chi connectivity index (χ1v) is 9.53. The largest absolute Gasteiger partial charge is 0.488 e. The van der Waals surface area contributed by atoms with E-state index in [4.69, 9.17) is 4.74 Å². The highest BCUT2D eigenvalue weighted by molar-refractivity contribution is 5.92. The summed E-state index contributed by atoms with van der Waals surface area (Å²) in [7, 11) is 4.23. The first-order valence-electron chi connectivity index (χ1n) is 9.53. The maximum atomic E-state index is 6.28. The number of benzene rings is 2. The van der Waals surface area contributed by atoms with Crippen LogP contribution in [0.1, 0.15) is 23.6 Å². The zero-order chi connectivity index (χ0) is 19.4. The Balaban J connectivity index is 2.02. The topological polar surface area (TPSA) is 17.4 Å². The van der Waals surface area contributed by atoms with Gasteiger partial charge in [-0.15, -0.1) is 0 Å². The third-order valence-electron chi connectivity index (χ3n) is 4.77. The highest BCUT2D eigenvalue weighted by Crippen LogP contribution is 2.34. The summed E-state index contributed by atoms with van der Waals surface area (Å²) < 4.78 is 8.60. The summed E-state index contributed by atoms with van der Waals surface area (Å²) in [5, 5.41) is 1.24. The van der Waals surface area contributed by atoms with Gasteiger partial charge in [-0.3, -0.25) is 0 Å².